The van der Waals surface area contributed by atoms with E-state index < -0.39 is 0 Å². The Hall–Kier alpha value is -4.38. The van der Waals surface area contributed by atoms with E-state index in [0.717, 1.165) is 51.4 Å². The quantitative estimate of drug-likeness (QED) is 0.224. The lowest BCUT2D eigenvalue weighted by Crippen LogP contribution is -2.06. The number of nitrogens with zero attached hydrogens (tertiary/aromatic N) is 2. The van der Waals surface area contributed by atoms with Crippen molar-refractivity contribution in [2.24, 2.45) is 0 Å². The largest absolute Gasteiger partial charge is 0.493 e. The van der Waals surface area contributed by atoms with E-state index in [9.17, 15) is 0 Å². The number of fused-ring (bicyclic) bond motifs is 1. The molecule has 0 saturated heterocycles. The zero-order valence-corrected chi connectivity index (χ0v) is 20.3. The minimum absolute atomic E-state index is 0.332. The summed E-state index contributed by atoms with van der Waals surface area (Å²) in [5.74, 6) is 2.35. The van der Waals surface area contributed by atoms with Gasteiger partial charge in [0.15, 0.2) is 0 Å². The van der Waals surface area contributed by atoms with Crippen molar-refractivity contribution in [2.75, 3.05) is 6.61 Å². The van der Waals surface area contributed by atoms with Crippen LogP contribution in [0, 0.1) is 6.92 Å². The molecule has 5 rings (SSSR count). The zero-order valence-electron chi connectivity index (χ0n) is 20.3. The van der Waals surface area contributed by atoms with Crippen molar-refractivity contribution in [3.05, 3.63) is 126 Å². The number of rotatable bonds is 10. The Balaban J connectivity index is 1.28. The van der Waals surface area contributed by atoms with Gasteiger partial charge in [0, 0.05) is 35.8 Å². The highest BCUT2D eigenvalue weighted by Gasteiger charge is 2.14. The molecule has 3 aromatic carbocycles. The van der Waals surface area contributed by atoms with Crippen LogP contribution in [-0.4, -0.2) is 16.6 Å². The molecule has 0 aliphatic heterocycles. The van der Waals surface area contributed by atoms with Gasteiger partial charge in [-0.25, -0.2) is 4.98 Å². The van der Waals surface area contributed by atoms with Crippen LogP contribution in [0.2, 0.25) is 0 Å². The van der Waals surface area contributed by atoms with Gasteiger partial charge in [0.05, 0.1) is 17.8 Å². The summed E-state index contributed by atoms with van der Waals surface area (Å²) >= 11 is 0. The molecule has 5 nitrogen and oxygen atoms in total. The molecule has 0 spiro atoms. The second kappa shape index (κ2) is 11.4. The molecule has 0 amide bonds. The van der Waals surface area contributed by atoms with Crippen LogP contribution in [0.4, 0.5) is 0 Å². The summed E-state index contributed by atoms with van der Waals surface area (Å²) in [6, 6.07) is 29.9. The minimum atomic E-state index is 0.332. The maximum atomic E-state index is 6.31. The Morgan fingerprint density at radius 3 is 2.25 bits per heavy atom. The molecule has 0 unspecified atom stereocenters. The van der Waals surface area contributed by atoms with Gasteiger partial charge in [0.2, 0.25) is 0 Å². The summed E-state index contributed by atoms with van der Waals surface area (Å²) in [6.45, 7) is 3.45. The topological polar surface area (TPSA) is 53.5 Å². The SMILES string of the molecule is Cc1c(COc2cccc(OCCc3ccncc3)c2)nc2ccccc2c1OCc1ccccc1. The van der Waals surface area contributed by atoms with Crippen LogP contribution in [0.5, 0.6) is 17.2 Å². The first-order valence-corrected chi connectivity index (χ1v) is 12.1. The first kappa shape index (κ1) is 23.4. The molecule has 0 saturated carbocycles. The number of pyridine rings is 2. The molecule has 0 fully saturated rings. The predicted octanol–water partition coefficient (Wildman–Crippen LogP) is 6.72. The molecule has 0 aliphatic rings. The molecule has 36 heavy (non-hydrogen) atoms. The van der Waals surface area contributed by atoms with Crippen molar-refractivity contribution in [1.29, 1.82) is 0 Å². The van der Waals surface area contributed by atoms with Crippen molar-refractivity contribution in [2.45, 2.75) is 26.6 Å². The Morgan fingerprint density at radius 1 is 0.667 bits per heavy atom. The Kier molecular flexibility index (Phi) is 7.38. The smallest absolute Gasteiger partial charge is 0.134 e. The summed E-state index contributed by atoms with van der Waals surface area (Å²) in [6.07, 6.45) is 4.41. The van der Waals surface area contributed by atoms with Gasteiger partial charge in [-0.1, -0.05) is 48.5 Å². The lowest BCUT2D eigenvalue weighted by atomic mass is 10.1. The highest BCUT2D eigenvalue weighted by Crippen LogP contribution is 2.32. The van der Waals surface area contributed by atoms with E-state index in [-0.39, 0.29) is 0 Å². The molecule has 5 heteroatoms. The third-order valence-corrected chi connectivity index (χ3v) is 5.99. The van der Waals surface area contributed by atoms with Crippen LogP contribution in [-0.2, 0) is 19.6 Å². The molecule has 0 N–H and O–H groups in total. The monoisotopic (exact) mass is 476 g/mol. The van der Waals surface area contributed by atoms with E-state index in [2.05, 4.69) is 17.1 Å². The first-order chi connectivity index (χ1) is 17.8. The fourth-order valence-corrected chi connectivity index (χ4v) is 4.02. The van der Waals surface area contributed by atoms with Crippen molar-refractivity contribution >= 4 is 10.9 Å². The number of benzene rings is 3. The summed E-state index contributed by atoms with van der Waals surface area (Å²) < 4.78 is 18.4. The average molecular weight is 477 g/mol. The van der Waals surface area contributed by atoms with Gasteiger partial charge in [-0.2, -0.15) is 0 Å². The maximum absolute atomic E-state index is 6.31. The van der Waals surface area contributed by atoms with Crippen molar-refractivity contribution in [1.82, 2.24) is 9.97 Å². The van der Waals surface area contributed by atoms with E-state index >= 15 is 0 Å². The Morgan fingerprint density at radius 2 is 1.42 bits per heavy atom. The number of hydrogen-bond donors (Lipinski definition) is 0. The summed E-state index contributed by atoms with van der Waals surface area (Å²) in [5, 5.41) is 0.999. The van der Waals surface area contributed by atoms with E-state index in [1.807, 2.05) is 85.8 Å². The van der Waals surface area contributed by atoms with Gasteiger partial charge in [-0.3, -0.25) is 4.98 Å². The second-order valence-corrected chi connectivity index (χ2v) is 8.52. The molecular weight excluding hydrogens is 448 g/mol. The summed E-state index contributed by atoms with van der Waals surface area (Å²) in [7, 11) is 0. The van der Waals surface area contributed by atoms with E-state index in [1.165, 1.54) is 5.56 Å². The van der Waals surface area contributed by atoms with Crippen LogP contribution < -0.4 is 14.2 Å². The van der Waals surface area contributed by atoms with E-state index in [0.29, 0.717) is 19.8 Å². The molecule has 0 bridgehead atoms. The second-order valence-electron chi connectivity index (χ2n) is 8.52. The van der Waals surface area contributed by atoms with E-state index in [4.69, 9.17) is 19.2 Å². The summed E-state index contributed by atoms with van der Waals surface area (Å²) in [5.41, 5.74) is 5.03. The standard InChI is InChI=1S/C31H28N2O3/c1-23-30(22-35-27-11-7-10-26(20-27)34-19-16-24-14-17-32-18-15-24)33-29-13-6-5-12-28(29)31(23)36-21-25-8-3-2-4-9-25/h2-15,17-18,20H,16,19,21-22H2,1H3. The highest BCUT2D eigenvalue weighted by molar-refractivity contribution is 5.86. The molecule has 180 valence electrons. The average Bonchev–Trinajstić information content (AvgIpc) is 2.93. The minimum Gasteiger partial charge on any atom is -0.493 e. The van der Waals surface area contributed by atoms with Gasteiger partial charge in [0.25, 0.3) is 0 Å². The normalized spacial score (nSPS) is 10.8. The van der Waals surface area contributed by atoms with Crippen LogP contribution in [0.25, 0.3) is 10.9 Å². The zero-order chi connectivity index (χ0) is 24.6. The molecule has 2 aromatic heterocycles. The lowest BCUT2D eigenvalue weighted by Gasteiger charge is -2.16. The molecule has 0 radical (unpaired) electrons. The van der Waals surface area contributed by atoms with Crippen LogP contribution in [0.15, 0.2) is 103 Å². The fraction of sp³-hybridized carbons (Fsp3) is 0.161. The fourth-order valence-electron chi connectivity index (χ4n) is 4.02. The molecule has 5 aromatic rings. The molecular formula is C31H28N2O3. The van der Waals surface area contributed by atoms with Crippen LogP contribution in [0.1, 0.15) is 22.4 Å². The maximum Gasteiger partial charge on any atom is 0.134 e. The number of aromatic nitrogens is 2. The number of hydrogen-bond acceptors (Lipinski definition) is 5. The lowest BCUT2D eigenvalue weighted by molar-refractivity contribution is 0.287. The number of ether oxygens (including phenoxy) is 3. The highest BCUT2D eigenvalue weighted by atomic mass is 16.5. The van der Waals surface area contributed by atoms with E-state index in [1.54, 1.807) is 12.4 Å². The van der Waals surface area contributed by atoms with Crippen LogP contribution >= 0.6 is 0 Å². The Bertz CT molecular complexity index is 1420. The van der Waals surface area contributed by atoms with Gasteiger partial charge >= 0.3 is 0 Å². The molecule has 0 aliphatic carbocycles. The van der Waals surface area contributed by atoms with Gasteiger partial charge in [0.1, 0.15) is 30.5 Å². The van der Waals surface area contributed by atoms with Crippen molar-refractivity contribution in [3.8, 4) is 17.2 Å². The number of para-hydroxylation sites is 1. The van der Waals surface area contributed by atoms with Crippen LogP contribution in [0.3, 0.4) is 0 Å². The first-order valence-electron chi connectivity index (χ1n) is 12.1. The third kappa shape index (κ3) is 5.81. The summed E-state index contributed by atoms with van der Waals surface area (Å²) in [4.78, 5) is 8.92. The molecule has 0 atom stereocenters. The van der Waals surface area contributed by atoms with Gasteiger partial charge < -0.3 is 14.2 Å². The Labute approximate surface area is 211 Å². The van der Waals surface area contributed by atoms with Crippen molar-refractivity contribution < 1.29 is 14.2 Å². The molecule has 2 heterocycles. The van der Waals surface area contributed by atoms with Crippen molar-refractivity contribution in [3.63, 3.8) is 0 Å². The predicted molar refractivity (Wildman–Crippen MR) is 141 cm³/mol. The van der Waals surface area contributed by atoms with Gasteiger partial charge in [-0.05, 0) is 54.4 Å². The van der Waals surface area contributed by atoms with Gasteiger partial charge in [-0.15, -0.1) is 0 Å². The third-order valence-electron chi connectivity index (χ3n) is 5.99.